The first-order valence-electron chi connectivity index (χ1n) is 11.8. The van der Waals surface area contributed by atoms with Crippen LogP contribution in [0.25, 0.3) is 0 Å². The molecule has 0 saturated carbocycles. The van der Waals surface area contributed by atoms with Crippen molar-refractivity contribution in [2.75, 3.05) is 26.4 Å². The van der Waals surface area contributed by atoms with Gasteiger partial charge in [0.25, 0.3) is 11.8 Å². The monoisotopic (exact) mass is 465 g/mol. The molecule has 1 unspecified atom stereocenters. The van der Waals surface area contributed by atoms with Crippen molar-refractivity contribution in [2.45, 2.75) is 39.2 Å². The van der Waals surface area contributed by atoms with Crippen LogP contribution in [0.1, 0.15) is 52.5 Å². The smallest absolute Gasteiger partial charge is 0.253 e. The molecule has 0 aromatic heterocycles. The summed E-state index contributed by atoms with van der Waals surface area (Å²) in [6.45, 7) is 5.71. The number of nitrogens with zero attached hydrogens (tertiary/aromatic N) is 1. The molecular weight excluding hydrogens is 434 g/mol. The predicted octanol–water partition coefficient (Wildman–Crippen LogP) is 2.90. The second-order valence-corrected chi connectivity index (χ2v) is 8.81. The highest BCUT2D eigenvalue weighted by Gasteiger charge is 2.34. The van der Waals surface area contributed by atoms with Gasteiger partial charge >= 0.3 is 0 Å². The summed E-state index contributed by atoms with van der Waals surface area (Å²) >= 11 is 0. The summed E-state index contributed by atoms with van der Waals surface area (Å²) in [6, 6.07) is 11.8. The van der Waals surface area contributed by atoms with Crippen molar-refractivity contribution in [1.29, 1.82) is 0 Å². The Hall–Kier alpha value is -3.55. The van der Waals surface area contributed by atoms with Crippen LogP contribution in [0.2, 0.25) is 0 Å². The zero-order valence-electron chi connectivity index (χ0n) is 19.6. The summed E-state index contributed by atoms with van der Waals surface area (Å²) in [5.41, 5.74) is 2.18. The molecule has 4 rings (SSSR count). The number of hydrogen-bond donors (Lipinski definition) is 2. The summed E-state index contributed by atoms with van der Waals surface area (Å²) in [7, 11) is 0. The number of aryl methyl sites for hydroxylation is 1. The lowest BCUT2D eigenvalue weighted by Crippen LogP contribution is -2.54. The molecule has 0 radical (unpaired) electrons. The molecule has 2 N–H and O–H groups in total. The number of rotatable bonds is 7. The Bertz CT molecular complexity index is 1040. The van der Waals surface area contributed by atoms with Gasteiger partial charge in [-0.05, 0) is 62.4 Å². The number of piperidine rings is 1. The number of hydrogen-bond acceptors (Lipinski definition) is 5. The maximum atomic E-state index is 13.0. The number of ether oxygens (including phenoxy) is 2. The Morgan fingerprint density at radius 3 is 2.38 bits per heavy atom. The van der Waals surface area contributed by atoms with Crippen molar-refractivity contribution in [1.82, 2.24) is 15.5 Å². The van der Waals surface area contributed by atoms with Crippen LogP contribution in [-0.4, -0.2) is 55.1 Å². The minimum absolute atomic E-state index is 0.00479. The van der Waals surface area contributed by atoms with Crippen molar-refractivity contribution in [3.63, 3.8) is 0 Å². The molecule has 1 atom stereocenters. The maximum Gasteiger partial charge on any atom is 0.253 e. The summed E-state index contributed by atoms with van der Waals surface area (Å²) < 4.78 is 10.7. The Balaban J connectivity index is 1.42. The summed E-state index contributed by atoms with van der Waals surface area (Å²) in [4.78, 5) is 40.7. The lowest BCUT2D eigenvalue weighted by molar-refractivity contribution is -0.124. The number of likely N-dealkylation sites (tertiary alicyclic amines) is 1. The van der Waals surface area contributed by atoms with Crippen LogP contribution < -0.4 is 20.1 Å². The van der Waals surface area contributed by atoms with Crippen LogP contribution in [0.15, 0.2) is 42.5 Å². The highest BCUT2D eigenvalue weighted by molar-refractivity contribution is 5.98. The Morgan fingerprint density at radius 2 is 1.68 bits per heavy atom. The van der Waals surface area contributed by atoms with Crippen molar-refractivity contribution < 1.29 is 23.9 Å². The largest absolute Gasteiger partial charge is 0.454 e. The minimum atomic E-state index is -0.680. The zero-order valence-corrected chi connectivity index (χ0v) is 19.6. The van der Waals surface area contributed by atoms with E-state index >= 15 is 0 Å². The highest BCUT2D eigenvalue weighted by atomic mass is 16.7. The van der Waals surface area contributed by atoms with Crippen LogP contribution in [-0.2, 0) is 4.79 Å². The molecule has 2 aliphatic rings. The van der Waals surface area contributed by atoms with E-state index in [9.17, 15) is 14.4 Å². The Morgan fingerprint density at radius 1 is 1.00 bits per heavy atom. The molecule has 0 bridgehead atoms. The second-order valence-electron chi connectivity index (χ2n) is 8.81. The molecule has 34 heavy (non-hydrogen) atoms. The van der Waals surface area contributed by atoms with Gasteiger partial charge in [0.2, 0.25) is 12.7 Å². The molecule has 2 aromatic carbocycles. The number of nitrogens with one attached hydrogen (secondary N) is 2. The lowest BCUT2D eigenvalue weighted by Gasteiger charge is -2.36. The fourth-order valence-corrected chi connectivity index (χ4v) is 4.33. The van der Waals surface area contributed by atoms with Gasteiger partial charge in [0.05, 0.1) is 0 Å². The first kappa shape index (κ1) is 23.6. The van der Waals surface area contributed by atoms with Gasteiger partial charge < -0.3 is 25.0 Å². The van der Waals surface area contributed by atoms with Gasteiger partial charge in [-0.25, -0.2) is 0 Å². The third kappa shape index (κ3) is 5.32. The molecule has 0 aliphatic carbocycles. The van der Waals surface area contributed by atoms with Gasteiger partial charge in [-0.3, -0.25) is 14.4 Å². The topological polar surface area (TPSA) is 97.0 Å². The van der Waals surface area contributed by atoms with E-state index in [1.807, 2.05) is 43.0 Å². The van der Waals surface area contributed by atoms with Crippen molar-refractivity contribution >= 4 is 17.7 Å². The number of carbonyl (C=O) groups excluding carboxylic acids is 3. The fraction of sp³-hybridized carbons (Fsp3) is 0.423. The molecule has 8 heteroatoms. The first-order chi connectivity index (χ1) is 16.5. The minimum Gasteiger partial charge on any atom is -0.454 e. The molecule has 2 aromatic rings. The highest BCUT2D eigenvalue weighted by Crippen LogP contribution is 2.32. The van der Waals surface area contributed by atoms with E-state index < -0.39 is 6.04 Å². The first-order valence-corrected chi connectivity index (χ1v) is 11.8. The third-order valence-corrected chi connectivity index (χ3v) is 6.35. The Labute approximate surface area is 199 Å². The van der Waals surface area contributed by atoms with Crippen LogP contribution in [0.5, 0.6) is 11.5 Å². The second kappa shape index (κ2) is 10.6. The maximum absolute atomic E-state index is 13.0. The predicted molar refractivity (Wildman–Crippen MR) is 127 cm³/mol. The number of amides is 3. The molecule has 1 fully saturated rings. The van der Waals surface area contributed by atoms with Crippen LogP contribution >= 0.6 is 0 Å². The molecule has 1 saturated heterocycles. The molecule has 3 amide bonds. The molecule has 180 valence electrons. The number of carbonyl (C=O) groups is 3. The molecule has 2 aliphatic heterocycles. The van der Waals surface area contributed by atoms with E-state index in [4.69, 9.17) is 9.47 Å². The van der Waals surface area contributed by atoms with Crippen LogP contribution in [0.4, 0.5) is 0 Å². The zero-order chi connectivity index (χ0) is 24.1. The summed E-state index contributed by atoms with van der Waals surface area (Å²) in [6.07, 6.45) is 2.06. The normalized spacial score (nSPS) is 16.1. The molecule has 0 spiro atoms. The fourth-order valence-electron chi connectivity index (χ4n) is 4.33. The van der Waals surface area contributed by atoms with Crippen LogP contribution in [0.3, 0.4) is 0 Å². The van der Waals surface area contributed by atoms with Gasteiger partial charge in [0, 0.05) is 30.8 Å². The van der Waals surface area contributed by atoms with E-state index in [0.29, 0.717) is 55.1 Å². The van der Waals surface area contributed by atoms with Crippen molar-refractivity contribution in [3.05, 3.63) is 59.2 Å². The van der Waals surface area contributed by atoms with E-state index in [1.54, 1.807) is 18.2 Å². The quantitative estimate of drug-likeness (QED) is 0.656. The van der Waals surface area contributed by atoms with Crippen LogP contribution in [0, 0.1) is 12.8 Å². The number of benzene rings is 2. The standard InChI is InChI=1S/C26H31N3O5/c1-3-12-27-25(31)23(28-24(30)20-8-9-21-22(15-20)34-16-33-21)18-10-13-29(14-11-18)26(32)19-6-4-17(2)5-7-19/h4-9,15,18,23H,3,10-14,16H2,1-2H3,(H,27,31)(H,28,30). The van der Waals surface area contributed by atoms with Gasteiger partial charge in [0.15, 0.2) is 11.5 Å². The van der Waals surface area contributed by atoms with Crippen molar-refractivity contribution in [2.24, 2.45) is 5.92 Å². The Kier molecular flexibility index (Phi) is 7.35. The average molecular weight is 466 g/mol. The molecular formula is C26H31N3O5. The van der Waals surface area contributed by atoms with E-state index in [2.05, 4.69) is 10.6 Å². The number of fused-ring (bicyclic) bond motifs is 1. The van der Waals surface area contributed by atoms with Gasteiger partial charge in [0.1, 0.15) is 6.04 Å². The molecule has 8 nitrogen and oxygen atoms in total. The van der Waals surface area contributed by atoms with E-state index in [-0.39, 0.29) is 30.4 Å². The SMILES string of the molecule is CCCNC(=O)C(NC(=O)c1ccc2c(c1)OCO2)C1CCN(C(=O)c2ccc(C)cc2)CC1. The molecule has 2 heterocycles. The summed E-state index contributed by atoms with van der Waals surface area (Å²) in [5.74, 6) is 0.501. The average Bonchev–Trinajstić information content (AvgIpc) is 3.34. The van der Waals surface area contributed by atoms with E-state index in [0.717, 1.165) is 12.0 Å². The van der Waals surface area contributed by atoms with Gasteiger partial charge in [-0.1, -0.05) is 24.6 Å². The summed E-state index contributed by atoms with van der Waals surface area (Å²) in [5, 5.41) is 5.85. The van der Waals surface area contributed by atoms with E-state index in [1.165, 1.54) is 0 Å². The lowest BCUT2D eigenvalue weighted by atomic mass is 9.88. The van der Waals surface area contributed by atoms with Gasteiger partial charge in [-0.2, -0.15) is 0 Å². The van der Waals surface area contributed by atoms with Gasteiger partial charge in [-0.15, -0.1) is 0 Å². The van der Waals surface area contributed by atoms with Crippen molar-refractivity contribution in [3.8, 4) is 11.5 Å². The third-order valence-electron chi connectivity index (χ3n) is 6.35.